The van der Waals surface area contributed by atoms with Gasteiger partial charge in [0.1, 0.15) is 4.90 Å². The average molecular weight is 338 g/mol. The Morgan fingerprint density at radius 1 is 1.52 bits per heavy atom. The molecule has 0 radical (unpaired) electrons. The Balaban J connectivity index is 2.65. The molecule has 0 aromatic carbocycles. The Hall–Kier alpha value is -1.46. The SMILES string of the molecule is COCCNC(=O)CNS(=O)(=O)c1cnc(NN)c(Cl)c1. The topological polar surface area (TPSA) is 135 Å². The first-order valence-corrected chi connectivity index (χ1v) is 7.64. The molecule has 1 heterocycles. The fourth-order valence-corrected chi connectivity index (χ4v) is 2.51. The highest BCUT2D eigenvalue weighted by Crippen LogP contribution is 2.21. The second-order valence-electron chi connectivity index (χ2n) is 3.81. The number of anilines is 1. The number of halogens is 1. The number of nitrogens with zero attached hydrogens (tertiary/aromatic N) is 1. The Labute approximate surface area is 127 Å². The van der Waals surface area contributed by atoms with Crippen LogP contribution < -0.4 is 21.3 Å². The van der Waals surface area contributed by atoms with Crippen LogP contribution in [0.4, 0.5) is 5.82 Å². The third-order valence-corrected chi connectivity index (χ3v) is 3.97. The van der Waals surface area contributed by atoms with Gasteiger partial charge >= 0.3 is 0 Å². The zero-order chi connectivity index (χ0) is 15.9. The molecular weight excluding hydrogens is 322 g/mol. The Morgan fingerprint density at radius 2 is 2.24 bits per heavy atom. The monoisotopic (exact) mass is 337 g/mol. The number of amides is 1. The maximum Gasteiger partial charge on any atom is 0.242 e. The Kier molecular flexibility index (Phi) is 6.78. The van der Waals surface area contributed by atoms with Crippen LogP contribution in [0.3, 0.4) is 0 Å². The molecule has 1 amide bonds. The van der Waals surface area contributed by atoms with Crippen LogP contribution in [-0.4, -0.2) is 46.1 Å². The minimum Gasteiger partial charge on any atom is -0.383 e. The molecule has 0 aliphatic heterocycles. The standard InChI is InChI=1S/C10H16ClN5O4S/c1-20-3-2-13-9(17)6-15-21(18,19)7-4-8(11)10(16-12)14-5-7/h4-5,15H,2-3,6,12H2,1H3,(H,13,17)(H,14,16). The summed E-state index contributed by atoms with van der Waals surface area (Å²) in [6.45, 7) is 0.230. The lowest BCUT2D eigenvalue weighted by molar-refractivity contribution is -0.120. The number of carbonyl (C=O) groups is 1. The first-order valence-electron chi connectivity index (χ1n) is 5.78. The summed E-state index contributed by atoms with van der Waals surface area (Å²) in [5, 5.41) is 2.52. The van der Waals surface area contributed by atoms with Gasteiger partial charge in [0.15, 0.2) is 5.82 Å². The van der Waals surface area contributed by atoms with E-state index in [0.717, 1.165) is 6.20 Å². The van der Waals surface area contributed by atoms with Gasteiger partial charge in [0, 0.05) is 19.9 Å². The molecule has 1 aromatic rings. The zero-order valence-corrected chi connectivity index (χ0v) is 12.8. The van der Waals surface area contributed by atoms with Gasteiger partial charge in [-0.25, -0.2) is 24.0 Å². The maximum atomic E-state index is 12.0. The summed E-state index contributed by atoms with van der Waals surface area (Å²) >= 11 is 5.79. The van der Waals surface area contributed by atoms with Crippen molar-refractivity contribution in [2.45, 2.75) is 4.90 Å². The highest BCUT2D eigenvalue weighted by molar-refractivity contribution is 7.89. The van der Waals surface area contributed by atoms with Crippen LogP contribution >= 0.6 is 11.6 Å². The van der Waals surface area contributed by atoms with Crippen LogP contribution in [0, 0.1) is 0 Å². The largest absolute Gasteiger partial charge is 0.383 e. The number of hydrogen-bond donors (Lipinski definition) is 4. The molecule has 0 atom stereocenters. The second-order valence-corrected chi connectivity index (χ2v) is 5.99. The average Bonchev–Trinajstić information content (AvgIpc) is 2.45. The van der Waals surface area contributed by atoms with Crippen molar-refractivity contribution in [3.8, 4) is 0 Å². The van der Waals surface area contributed by atoms with E-state index in [2.05, 4.69) is 20.4 Å². The molecule has 21 heavy (non-hydrogen) atoms. The van der Waals surface area contributed by atoms with Crippen molar-refractivity contribution in [1.29, 1.82) is 0 Å². The number of nitrogens with two attached hydrogens (primary N) is 1. The highest BCUT2D eigenvalue weighted by Gasteiger charge is 2.17. The minimum atomic E-state index is -3.89. The van der Waals surface area contributed by atoms with E-state index in [-0.39, 0.29) is 15.7 Å². The molecule has 0 spiro atoms. The van der Waals surface area contributed by atoms with Gasteiger partial charge < -0.3 is 15.5 Å². The van der Waals surface area contributed by atoms with E-state index < -0.39 is 22.5 Å². The minimum absolute atomic E-state index is 0.0462. The van der Waals surface area contributed by atoms with Gasteiger partial charge in [0.05, 0.1) is 18.2 Å². The van der Waals surface area contributed by atoms with Crippen LogP contribution in [0.1, 0.15) is 0 Å². The van der Waals surface area contributed by atoms with E-state index in [1.54, 1.807) is 0 Å². The highest BCUT2D eigenvalue weighted by atomic mass is 35.5. The van der Waals surface area contributed by atoms with Crippen LogP contribution in [-0.2, 0) is 19.6 Å². The fourth-order valence-electron chi connectivity index (χ4n) is 1.27. The molecule has 5 N–H and O–H groups in total. The van der Waals surface area contributed by atoms with Gasteiger partial charge in [-0.2, -0.15) is 0 Å². The summed E-state index contributed by atoms with van der Waals surface area (Å²) in [5.41, 5.74) is 2.22. The van der Waals surface area contributed by atoms with Crippen molar-refractivity contribution >= 4 is 33.3 Å². The lowest BCUT2D eigenvalue weighted by Crippen LogP contribution is -2.38. The normalized spacial score (nSPS) is 11.2. The molecular formula is C10H16ClN5O4S. The van der Waals surface area contributed by atoms with Crippen molar-refractivity contribution in [3.05, 3.63) is 17.3 Å². The van der Waals surface area contributed by atoms with E-state index in [9.17, 15) is 13.2 Å². The lowest BCUT2D eigenvalue weighted by atomic mass is 10.5. The van der Waals surface area contributed by atoms with E-state index in [1.165, 1.54) is 13.2 Å². The number of methoxy groups -OCH3 is 1. The number of pyridine rings is 1. The summed E-state index contributed by atoms with van der Waals surface area (Å²) in [6.07, 6.45) is 1.08. The number of aromatic nitrogens is 1. The summed E-state index contributed by atoms with van der Waals surface area (Å²) in [5.74, 6) is 4.81. The van der Waals surface area contributed by atoms with Crippen molar-refractivity contribution in [3.63, 3.8) is 0 Å². The molecule has 0 unspecified atom stereocenters. The summed E-state index contributed by atoms with van der Waals surface area (Å²) < 4.78 is 30.8. The third-order valence-electron chi connectivity index (χ3n) is 2.31. The van der Waals surface area contributed by atoms with Crippen LogP contribution in [0.15, 0.2) is 17.2 Å². The lowest BCUT2D eigenvalue weighted by Gasteiger charge is -2.09. The van der Waals surface area contributed by atoms with Gasteiger partial charge in [-0.15, -0.1) is 0 Å². The Bertz CT molecular complexity index is 595. The molecule has 11 heteroatoms. The molecule has 1 aromatic heterocycles. The van der Waals surface area contributed by atoms with Gasteiger partial charge in [-0.05, 0) is 6.07 Å². The van der Waals surface area contributed by atoms with Crippen molar-refractivity contribution in [2.24, 2.45) is 5.84 Å². The van der Waals surface area contributed by atoms with Crippen molar-refractivity contribution in [1.82, 2.24) is 15.0 Å². The van der Waals surface area contributed by atoms with E-state index in [0.29, 0.717) is 13.2 Å². The molecule has 0 aliphatic carbocycles. The predicted molar refractivity (Wildman–Crippen MR) is 77.1 cm³/mol. The number of nitrogens with one attached hydrogen (secondary N) is 3. The van der Waals surface area contributed by atoms with Crippen molar-refractivity contribution in [2.75, 3.05) is 32.2 Å². The molecule has 9 nitrogen and oxygen atoms in total. The quantitative estimate of drug-likeness (QED) is 0.273. The predicted octanol–water partition coefficient (Wildman–Crippen LogP) is -0.938. The van der Waals surface area contributed by atoms with Crippen molar-refractivity contribution < 1.29 is 17.9 Å². The number of nitrogen functional groups attached to an aromatic ring is 1. The van der Waals surface area contributed by atoms with Gasteiger partial charge in [-0.3, -0.25) is 4.79 Å². The molecule has 1 rings (SSSR count). The summed E-state index contributed by atoms with van der Waals surface area (Å²) in [6, 6.07) is 1.18. The number of sulfonamides is 1. The molecule has 118 valence electrons. The first-order chi connectivity index (χ1) is 9.90. The number of hydrazine groups is 1. The molecule has 0 saturated heterocycles. The molecule has 0 bridgehead atoms. The van der Waals surface area contributed by atoms with Gasteiger partial charge in [-0.1, -0.05) is 11.6 Å². The van der Waals surface area contributed by atoms with Crippen LogP contribution in [0.5, 0.6) is 0 Å². The molecule has 0 saturated carbocycles. The Morgan fingerprint density at radius 3 is 2.81 bits per heavy atom. The second kappa shape index (κ2) is 8.10. The number of carbonyl (C=O) groups excluding carboxylic acids is 1. The van der Waals surface area contributed by atoms with Gasteiger partial charge in [0.25, 0.3) is 0 Å². The third kappa shape index (κ3) is 5.44. The first kappa shape index (κ1) is 17.6. The van der Waals surface area contributed by atoms with E-state index in [1.807, 2.05) is 0 Å². The van der Waals surface area contributed by atoms with Crippen LogP contribution in [0.2, 0.25) is 5.02 Å². The smallest absolute Gasteiger partial charge is 0.242 e. The number of hydrogen-bond acceptors (Lipinski definition) is 7. The van der Waals surface area contributed by atoms with Crippen LogP contribution in [0.25, 0.3) is 0 Å². The van der Waals surface area contributed by atoms with E-state index in [4.69, 9.17) is 22.2 Å². The van der Waals surface area contributed by atoms with Gasteiger partial charge in [0.2, 0.25) is 15.9 Å². The molecule has 0 fully saturated rings. The fraction of sp³-hybridized carbons (Fsp3) is 0.400. The zero-order valence-electron chi connectivity index (χ0n) is 11.2. The number of ether oxygens (including phenoxy) is 1. The summed E-state index contributed by atoms with van der Waals surface area (Å²) in [7, 11) is -2.40. The number of rotatable bonds is 8. The summed E-state index contributed by atoms with van der Waals surface area (Å²) in [4.78, 5) is 15.0. The molecule has 0 aliphatic rings. The maximum absolute atomic E-state index is 12.0. The van der Waals surface area contributed by atoms with E-state index >= 15 is 0 Å².